The van der Waals surface area contributed by atoms with Crippen LogP contribution in [0.3, 0.4) is 0 Å². The van der Waals surface area contributed by atoms with E-state index in [9.17, 15) is 4.79 Å². The monoisotopic (exact) mass is 496 g/mol. The second kappa shape index (κ2) is 13.1. The lowest BCUT2D eigenvalue weighted by Gasteiger charge is -2.29. The van der Waals surface area contributed by atoms with E-state index in [0.29, 0.717) is 23.6 Å². The molecule has 0 aliphatic carbocycles. The number of likely N-dealkylation sites (N-methyl/N-ethyl adjacent to an activating group) is 1. The second-order valence-electron chi connectivity index (χ2n) is 9.06. The predicted molar refractivity (Wildman–Crippen MR) is 155 cm³/mol. The van der Waals surface area contributed by atoms with Crippen molar-refractivity contribution in [2.75, 3.05) is 43.6 Å². The number of amides is 1. The highest BCUT2D eigenvalue weighted by Crippen LogP contribution is 2.21. The number of para-hydroxylation sites is 2. The van der Waals surface area contributed by atoms with Gasteiger partial charge < -0.3 is 26.2 Å². The lowest BCUT2D eigenvalue weighted by Crippen LogP contribution is -2.33. The van der Waals surface area contributed by atoms with Gasteiger partial charge in [-0.05, 0) is 68.0 Å². The molecule has 3 aromatic rings. The molecule has 2 aromatic carbocycles. The minimum atomic E-state index is -0.305. The van der Waals surface area contributed by atoms with Gasteiger partial charge in [-0.2, -0.15) is 0 Å². The average molecular weight is 497 g/mol. The van der Waals surface area contributed by atoms with Crippen LogP contribution in [0.15, 0.2) is 91.9 Å². The van der Waals surface area contributed by atoms with Crippen molar-refractivity contribution >= 4 is 29.0 Å². The third-order valence-electron chi connectivity index (χ3n) is 5.82. The number of anilines is 3. The van der Waals surface area contributed by atoms with Gasteiger partial charge in [0, 0.05) is 31.5 Å². The van der Waals surface area contributed by atoms with Crippen LogP contribution < -0.4 is 16.4 Å². The molecular formula is C30H36N6O. The molecule has 0 saturated heterocycles. The summed E-state index contributed by atoms with van der Waals surface area (Å²) in [5.41, 5.74) is 11.6. The number of nitrogens with zero attached hydrogens (tertiary/aromatic N) is 3. The van der Waals surface area contributed by atoms with E-state index in [1.165, 1.54) is 5.56 Å². The van der Waals surface area contributed by atoms with Crippen LogP contribution >= 0.6 is 0 Å². The van der Waals surface area contributed by atoms with Crippen LogP contribution in [-0.2, 0) is 6.54 Å². The van der Waals surface area contributed by atoms with Gasteiger partial charge in [0.25, 0.3) is 5.91 Å². The van der Waals surface area contributed by atoms with Gasteiger partial charge >= 0.3 is 0 Å². The zero-order valence-electron chi connectivity index (χ0n) is 21.9. The zero-order chi connectivity index (χ0) is 26.8. The molecule has 0 spiro atoms. The molecular weight excluding hydrogens is 460 g/mol. The summed E-state index contributed by atoms with van der Waals surface area (Å²) in [6, 6.07) is 17.0. The summed E-state index contributed by atoms with van der Waals surface area (Å²) in [6.45, 7) is 12.4. The number of hydrogen-bond donors (Lipinski definition) is 3. The van der Waals surface area contributed by atoms with Crippen LogP contribution in [0.5, 0.6) is 0 Å². The van der Waals surface area contributed by atoms with Crippen molar-refractivity contribution < 1.29 is 4.79 Å². The van der Waals surface area contributed by atoms with Gasteiger partial charge in [-0.25, -0.2) is 0 Å². The number of allylic oxidation sites excluding steroid dienone is 2. The number of nitrogens with one attached hydrogen (secondary N) is 2. The van der Waals surface area contributed by atoms with Crippen molar-refractivity contribution in [3.63, 3.8) is 0 Å². The highest BCUT2D eigenvalue weighted by atomic mass is 16.1. The molecule has 0 radical (unpaired) electrons. The van der Waals surface area contributed by atoms with Gasteiger partial charge in [-0.15, -0.1) is 0 Å². The smallest absolute Gasteiger partial charge is 0.274 e. The SMILES string of the molecule is C=C/C=C\c1cc(NC(=C)N(CCN(C)C)Cc2ccc(C(=O)Nc3ccccc3N)nc2)ccc1C. The summed E-state index contributed by atoms with van der Waals surface area (Å²) in [5.74, 6) is 0.478. The van der Waals surface area contributed by atoms with Crippen molar-refractivity contribution in [3.05, 3.63) is 114 Å². The third-order valence-corrected chi connectivity index (χ3v) is 5.82. The summed E-state index contributed by atoms with van der Waals surface area (Å²) in [6.07, 6.45) is 7.45. The molecule has 0 fully saturated rings. The van der Waals surface area contributed by atoms with E-state index in [1.54, 1.807) is 30.5 Å². The number of benzene rings is 2. The number of nitrogen functional groups attached to an aromatic ring is 1. The molecule has 7 nitrogen and oxygen atoms in total. The number of rotatable bonds is 12. The maximum absolute atomic E-state index is 12.6. The first-order chi connectivity index (χ1) is 17.8. The number of hydrogen-bond acceptors (Lipinski definition) is 6. The summed E-state index contributed by atoms with van der Waals surface area (Å²) >= 11 is 0. The Bertz CT molecular complexity index is 1260. The van der Waals surface area contributed by atoms with Gasteiger partial charge in [-0.3, -0.25) is 9.78 Å². The van der Waals surface area contributed by atoms with Gasteiger partial charge in [0.15, 0.2) is 0 Å². The quantitative estimate of drug-likeness (QED) is 0.231. The average Bonchev–Trinajstić information content (AvgIpc) is 2.88. The Labute approximate surface area is 220 Å². The van der Waals surface area contributed by atoms with E-state index in [4.69, 9.17) is 5.73 Å². The first-order valence-electron chi connectivity index (χ1n) is 12.1. The number of carbonyl (C=O) groups is 1. The summed E-state index contributed by atoms with van der Waals surface area (Å²) in [4.78, 5) is 21.3. The van der Waals surface area contributed by atoms with Crippen LogP contribution in [-0.4, -0.2) is 47.9 Å². The molecule has 0 aliphatic rings. The van der Waals surface area contributed by atoms with Crippen molar-refractivity contribution in [2.45, 2.75) is 13.5 Å². The normalized spacial score (nSPS) is 10.9. The Morgan fingerprint density at radius 3 is 2.54 bits per heavy atom. The standard InChI is InChI=1S/C30H36N6O/c1-6-7-10-25-19-26(15-13-22(25)2)33-23(3)36(18-17-35(4)5)21-24-14-16-29(32-20-24)30(37)34-28-12-9-8-11-27(28)31/h6-16,19-20,33H,1,3,17-18,21,31H2,2,4-5H3,(H,34,37)/b10-7-. The minimum Gasteiger partial charge on any atom is -0.397 e. The fourth-order valence-electron chi connectivity index (χ4n) is 3.62. The molecule has 7 heteroatoms. The van der Waals surface area contributed by atoms with E-state index < -0.39 is 0 Å². The van der Waals surface area contributed by atoms with Crippen LogP contribution in [0.2, 0.25) is 0 Å². The highest BCUT2D eigenvalue weighted by Gasteiger charge is 2.13. The minimum absolute atomic E-state index is 0.305. The molecule has 0 aliphatic heterocycles. The van der Waals surface area contributed by atoms with Gasteiger partial charge in [-0.1, -0.05) is 55.7 Å². The highest BCUT2D eigenvalue weighted by molar-refractivity contribution is 6.04. The van der Waals surface area contributed by atoms with Gasteiger partial charge in [0.05, 0.1) is 17.2 Å². The van der Waals surface area contributed by atoms with E-state index in [0.717, 1.165) is 35.7 Å². The third kappa shape index (κ3) is 8.08. The van der Waals surface area contributed by atoms with Crippen molar-refractivity contribution in [1.82, 2.24) is 14.8 Å². The van der Waals surface area contributed by atoms with Crippen molar-refractivity contribution in [1.29, 1.82) is 0 Å². The largest absolute Gasteiger partial charge is 0.397 e. The lowest BCUT2D eigenvalue weighted by atomic mass is 10.1. The van der Waals surface area contributed by atoms with E-state index >= 15 is 0 Å². The maximum Gasteiger partial charge on any atom is 0.274 e. The number of aryl methyl sites for hydroxylation is 1. The molecule has 1 amide bonds. The molecule has 0 unspecified atom stereocenters. The first kappa shape index (κ1) is 27.2. The molecule has 3 rings (SSSR count). The Kier molecular flexibility index (Phi) is 9.63. The fourth-order valence-corrected chi connectivity index (χ4v) is 3.62. The van der Waals surface area contributed by atoms with Crippen LogP contribution in [0.1, 0.15) is 27.2 Å². The fraction of sp³-hybridized carbons (Fsp3) is 0.200. The number of nitrogens with two attached hydrogens (primary N) is 1. The van der Waals surface area contributed by atoms with Crippen LogP contribution in [0.25, 0.3) is 6.08 Å². The van der Waals surface area contributed by atoms with Gasteiger partial charge in [0.2, 0.25) is 0 Å². The lowest BCUT2D eigenvalue weighted by molar-refractivity contribution is 0.102. The predicted octanol–water partition coefficient (Wildman–Crippen LogP) is 5.37. The second-order valence-corrected chi connectivity index (χ2v) is 9.06. The molecule has 4 N–H and O–H groups in total. The molecule has 37 heavy (non-hydrogen) atoms. The van der Waals surface area contributed by atoms with Crippen molar-refractivity contribution in [3.8, 4) is 0 Å². The maximum atomic E-state index is 12.6. The van der Waals surface area contributed by atoms with Gasteiger partial charge in [0.1, 0.15) is 5.69 Å². The Balaban J connectivity index is 1.71. The van der Waals surface area contributed by atoms with E-state index in [1.807, 2.05) is 50.5 Å². The molecule has 0 bridgehead atoms. The number of carbonyl (C=O) groups excluding carboxylic acids is 1. The molecule has 0 atom stereocenters. The van der Waals surface area contributed by atoms with E-state index in [-0.39, 0.29) is 5.91 Å². The summed E-state index contributed by atoms with van der Waals surface area (Å²) in [7, 11) is 4.09. The van der Waals surface area contributed by atoms with Crippen molar-refractivity contribution in [2.24, 2.45) is 0 Å². The Morgan fingerprint density at radius 2 is 1.86 bits per heavy atom. The first-order valence-corrected chi connectivity index (χ1v) is 12.1. The molecule has 0 saturated carbocycles. The van der Waals surface area contributed by atoms with Crippen LogP contribution in [0, 0.1) is 6.92 Å². The number of pyridine rings is 1. The topological polar surface area (TPSA) is 86.5 Å². The Morgan fingerprint density at radius 1 is 1.08 bits per heavy atom. The Hall–Kier alpha value is -4.36. The molecule has 1 heterocycles. The summed E-state index contributed by atoms with van der Waals surface area (Å²) < 4.78 is 0. The van der Waals surface area contributed by atoms with Crippen LogP contribution in [0.4, 0.5) is 17.1 Å². The van der Waals surface area contributed by atoms with E-state index in [2.05, 4.69) is 57.6 Å². The molecule has 192 valence electrons. The zero-order valence-corrected chi connectivity index (χ0v) is 21.9. The summed E-state index contributed by atoms with van der Waals surface area (Å²) in [5, 5.41) is 6.26. The number of aromatic nitrogens is 1. The molecule has 1 aromatic heterocycles.